The van der Waals surface area contributed by atoms with Gasteiger partial charge in [-0.1, -0.05) is 55.0 Å². The summed E-state index contributed by atoms with van der Waals surface area (Å²) in [6.07, 6.45) is 8.72. The Morgan fingerprint density at radius 3 is 2.44 bits per heavy atom. The number of hydrogen-bond donors (Lipinski definition) is 4. The van der Waals surface area contributed by atoms with E-state index in [4.69, 9.17) is 25.8 Å². The lowest BCUT2D eigenvalue weighted by molar-refractivity contribution is -0.384. The third-order valence-electron chi connectivity index (χ3n) is 17.2. The number of fused-ring (bicyclic) bond motifs is 2. The van der Waals surface area contributed by atoms with Gasteiger partial charge >= 0.3 is 0 Å². The molecule has 22 nitrogen and oxygen atoms in total. The van der Waals surface area contributed by atoms with Gasteiger partial charge in [0.05, 0.1) is 59.1 Å². The van der Waals surface area contributed by atoms with E-state index in [1.165, 1.54) is 53.2 Å². The highest BCUT2D eigenvalue weighted by atomic mass is 35.5. The topological polar surface area (TPSA) is 268 Å². The maximum atomic E-state index is 14.2. The Kier molecular flexibility index (Phi) is 19.4. The van der Waals surface area contributed by atoms with Crippen molar-refractivity contribution in [3.05, 3.63) is 152 Å². The minimum Gasteiger partial charge on any atom is -0.455 e. The van der Waals surface area contributed by atoms with Crippen molar-refractivity contribution >= 4 is 84.8 Å². The van der Waals surface area contributed by atoms with E-state index < -0.39 is 61.1 Å². The molecule has 0 spiro atoms. The van der Waals surface area contributed by atoms with Crippen molar-refractivity contribution < 1.29 is 51.5 Å². The summed E-state index contributed by atoms with van der Waals surface area (Å²) >= 11 is 6.27. The first kappa shape index (κ1) is 63.1. The minimum atomic E-state index is -4.65. The van der Waals surface area contributed by atoms with Crippen molar-refractivity contribution in [1.29, 1.82) is 0 Å². The molecule has 1 aliphatic carbocycles. The van der Waals surface area contributed by atoms with Crippen LogP contribution in [0, 0.1) is 33.3 Å². The van der Waals surface area contributed by atoms with Gasteiger partial charge in [-0.05, 0) is 134 Å². The molecule has 6 aromatic rings. The van der Waals surface area contributed by atoms with Gasteiger partial charge < -0.3 is 34.3 Å². The highest BCUT2D eigenvalue weighted by Crippen LogP contribution is 2.44. The largest absolute Gasteiger partial charge is 0.455 e. The van der Waals surface area contributed by atoms with E-state index in [2.05, 4.69) is 77.8 Å². The predicted molar refractivity (Wildman–Crippen MR) is 339 cm³/mol. The summed E-state index contributed by atoms with van der Waals surface area (Å²) in [6.45, 7) is 12.7. The number of anilines is 2. The number of ether oxygens (including phenoxy) is 3. The molecule has 2 aromatic heterocycles. The molecule has 11 rings (SSSR count). The molecule has 5 aliphatic rings. The molecule has 6 heterocycles. The number of carbonyl (C=O) groups excluding carboxylic acids is 5. The fourth-order valence-electron chi connectivity index (χ4n) is 12.3. The van der Waals surface area contributed by atoms with Gasteiger partial charge in [0.15, 0.2) is 0 Å². The molecule has 3 saturated heterocycles. The van der Waals surface area contributed by atoms with Crippen LogP contribution in [0.2, 0.25) is 5.02 Å². The van der Waals surface area contributed by atoms with E-state index in [-0.39, 0.29) is 52.3 Å². The van der Waals surface area contributed by atoms with Gasteiger partial charge in [-0.2, -0.15) is 0 Å². The van der Waals surface area contributed by atoms with E-state index in [0.29, 0.717) is 81.0 Å². The molecular formula is C66H71ClN10O12S. The number of benzene rings is 4. The Morgan fingerprint density at radius 1 is 0.867 bits per heavy atom. The summed E-state index contributed by atoms with van der Waals surface area (Å²) in [5.74, 6) is 3.31. The van der Waals surface area contributed by atoms with Crippen LogP contribution in [0.4, 0.5) is 17.1 Å². The van der Waals surface area contributed by atoms with Crippen LogP contribution >= 0.6 is 11.6 Å². The second kappa shape index (κ2) is 27.7. The fourth-order valence-corrected chi connectivity index (χ4v) is 13.4. The van der Waals surface area contributed by atoms with Gasteiger partial charge in [0.1, 0.15) is 28.9 Å². The number of nitrogens with one attached hydrogen (secondary N) is 4. The molecule has 0 radical (unpaired) electrons. The van der Waals surface area contributed by atoms with Gasteiger partial charge in [-0.15, -0.1) is 0 Å². The quantitative estimate of drug-likeness (QED) is 0.0162. The van der Waals surface area contributed by atoms with Crippen molar-refractivity contribution in [2.45, 2.75) is 76.2 Å². The third kappa shape index (κ3) is 15.0. The molecule has 4 N–H and O–H groups in total. The van der Waals surface area contributed by atoms with E-state index in [1.807, 2.05) is 18.2 Å². The SMILES string of the molecule is CC1(C)CCC(CN2CCN(c3ccc(C(=O)NS(=O)(=O)c4ccc(NCC5CCCN(CCOCCOCCC#Cc6ccc7c(c6)C(=O)N(C6CCC(=O)NC6=O)C7=O)C5)c([N+](=O)[O-])c4)c(Oc4cnc5[nH]ccc5c4)c3)CC2)=C(c2ccc(Cl)cc2)C1. The van der Waals surface area contributed by atoms with Crippen molar-refractivity contribution in [2.24, 2.45) is 11.3 Å². The Labute approximate surface area is 526 Å². The smallest absolute Gasteiger partial charge is 0.293 e. The maximum Gasteiger partial charge on any atom is 0.293 e. The van der Waals surface area contributed by atoms with Crippen LogP contribution in [0.3, 0.4) is 0 Å². The number of sulfonamides is 1. The number of imide groups is 2. The van der Waals surface area contributed by atoms with Crippen molar-refractivity contribution in [2.75, 3.05) is 95.5 Å². The van der Waals surface area contributed by atoms with Gasteiger partial charge in [0, 0.05) is 105 Å². The van der Waals surface area contributed by atoms with Crippen LogP contribution in [0.5, 0.6) is 11.5 Å². The number of carbonyl (C=O) groups is 5. The molecule has 2 atom stereocenters. The maximum absolute atomic E-state index is 14.2. The first-order chi connectivity index (χ1) is 43.3. The van der Waals surface area contributed by atoms with Gasteiger partial charge in [-0.3, -0.25) is 49.2 Å². The number of nitro benzene ring substituents is 1. The Morgan fingerprint density at radius 2 is 1.66 bits per heavy atom. The minimum absolute atomic E-state index is 0.0395. The number of aromatic nitrogens is 2. The summed E-state index contributed by atoms with van der Waals surface area (Å²) in [6, 6.07) is 24.0. The van der Waals surface area contributed by atoms with Crippen LogP contribution in [0.25, 0.3) is 16.6 Å². The normalized spacial score (nSPS) is 18.9. The van der Waals surface area contributed by atoms with Crippen LogP contribution in [0.1, 0.15) is 107 Å². The lowest BCUT2D eigenvalue weighted by atomic mass is 9.72. The van der Waals surface area contributed by atoms with Gasteiger partial charge in [-0.25, -0.2) is 18.1 Å². The number of piperazine rings is 1. The number of amides is 5. The number of nitrogens with zero attached hydrogens (tertiary/aromatic N) is 6. The fraction of sp³-hybridized carbons (Fsp3) is 0.394. The molecular weight excluding hydrogens is 1190 g/mol. The van der Waals surface area contributed by atoms with Gasteiger partial charge in [0.2, 0.25) is 11.8 Å². The number of hydrogen-bond acceptors (Lipinski definition) is 17. The van der Waals surface area contributed by atoms with E-state index in [0.717, 1.165) is 86.9 Å². The van der Waals surface area contributed by atoms with Crippen molar-refractivity contribution in [3.63, 3.8) is 0 Å². The van der Waals surface area contributed by atoms with Crippen molar-refractivity contribution in [3.8, 4) is 23.3 Å². The van der Waals surface area contributed by atoms with Crippen LogP contribution < -0.4 is 25.0 Å². The monoisotopic (exact) mass is 1260 g/mol. The van der Waals surface area contributed by atoms with Crippen LogP contribution in [-0.2, 0) is 29.1 Å². The number of piperidine rings is 2. The van der Waals surface area contributed by atoms with Gasteiger partial charge in [0.25, 0.3) is 33.4 Å². The Balaban J connectivity index is 0.647. The molecule has 5 amide bonds. The van der Waals surface area contributed by atoms with Crippen LogP contribution in [0.15, 0.2) is 114 Å². The van der Waals surface area contributed by atoms with E-state index in [9.17, 15) is 42.5 Å². The van der Waals surface area contributed by atoms with E-state index in [1.54, 1.807) is 30.5 Å². The Bertz CT molecular complexity index is 3970. The number of likely N-dealkylation sites (tertiary alicyclic amines) is 1. The summed E-state index contributed by atoms with van der Waals surface area (Å²) in [7, 11) is -4.65. The number of aromatic amines is 1. The molecule has 4 aliphatic heterocycles. The second-order valence-corrected chi connectivity index (χ2v) is 26.2. The zero-order valence-electron chi connectivity index (χ0n) is 50.2. The molecule has 24 heteroatoms. The number of halogens is 1. The summed E-state index contributed by atoms with van der Waals surface area (Å²) in [5.41, 5.74) is 6.19. The van der Waals surface area contributed by atoms with Crippen LogP contribution in [-0.4, -0.2) is 159 Å². The Hall–Kier alpha value is -8.50. The molecule has 0 bridgehead atoms. The zero-order chi connectivity index (χ0) is 63.1. The number of allylic oxidation sites excluding steroid dienone is 1. The molecule has 2 unspecified atom stereocenters. The molecule has 470 valence electrons. The summed E-state index contributed by atoms with van der Waals surface area (Å²) < 4.78 is 48.1. The molecule has 90 heavy (non-hydrogen) atoms. The van der Waals surface area contributed by atoms with E-state index >= 15 is 0 Å². The molecule has 3 fully saturated rings. The average molecular weight is 1260 g/mol. The first-order valence-electron chi connectivity index (χ1n) is 30.4. The lowest BCUT2D eigenvalue weighted by Crippen LogP contribution is -2.54. The standard InChI is InChI=1S/C66H71ClN10O12S/c1-66(2)22-20-47(55(38-66)45-9-11-48(67)12-10-45)42-74-25-27-75(28-26-74)49-13-16-53(59(36-49)89-50-35-46-21-23-68-61(46)70-40-50)62(79)72-90(85,86)51-14-17-56(58(37-51)77(83)84)69-39-44-7-5-24-73(41-44)29-31-88-33-32-87-30-4-3-6-43-8-15-52-54(34-43)65(82)76(64(52)81)57-18-19-60(78)71-63(57)80/h8-17,21,23,34-37,40,44,57,69H,4-5,7,18-20,22,24-33,38-39,41-42H2,1-2H3,(H,68,70)(H,72,79)(H,71,78,80). The number of rotatable bonds is 22. The highest BCUT2D eigenvalue weighted by molar-refractivity contribution is 7.90. The number of pyridine rings is 1. The lowest BCUT2D eigenvalue weighted by Gasteiger charge is -2.39. The number of H-pyrrole nitrogens is 1. The predicted octanol–water partition coefficient (Wildman–Crippen LogP) is 8.82. The summed E-state index contributed by atoms with van der Waals surface area (Å²) in [5, 5.41) is 19.4. The molecule has 0 saturated carbocycles. The van der Waals surface area contributed by atoms with Crippen molar-refractivity contribution in [1.82, 2.24) is 34.7 Å². The zero-order valence-corrected chi connectivity index (χ0v) is 51.8. The summed E-state index contributed by atoms with van der Waals surface area (Å²) in [4.78, 5) is 91.0. The first-order valence-corrected chi connectivity index (χ1v) is 32.2. The molecule has 4 aromatic carbocycles. The average Bonchev–Trinajstić information content (AvgIpc) is 1.64. The second-order valence-electron chi connectivity index (χ2n) is 24.1. The number of nitro groups is 1. The third-order valence-corrected chi connectivity index (χ3v) is 18.8. The highest BCUT2D eigenvalue weighted by Gasteiger charge is 2.45.